The van der Waals surface area contributed by atoms with E-state index in [1.54, 1.807) is 0 Å². The molecule has 0 saturated heterocycles. The Hall–Kier alpha value is -0.990. The number of ether oxygens (including phenoxy) is 1. The van der Waals surface area contributed by atoms with Gasteiger partial charge in [-0.05, 0) is 6.07 Å². The van der Waals surface area contributed by atoms with Crippen molar-refractivity contribution in [1.29, 1.82) is 0 Å². The van der Waals surface area contributed by atoms with Gasteiger partial charge in [-0.1, -0.05) is 0 Å². The molecule has 1 aromatic carbocycles. The molecule has 6 nitrogen and oxygen atoms in total. The fourth-order valence-corrected chi connectivity index (χ4v) is 3.55. The molecule has 100 valence electrons. The minimum absolute atomic E-state index is 0.0900. The number of thioether (sulfide) groups is 1. The van der Waals surface area contributed by atoms with Crippen LogP contribution in [0.4, 0.5) is 5.69 Å². The van der Waals surface area contributed by atoms with Crippen molar-refractivity contribution in [2.75, 3.05) is 18.6 Å². The Bertz CT molecular complexity index is 546. The van der Waals surface area contributed by atoms with Gasteiger partial charge in [-0.3, -0.25) is 10.1 Å². The molecule has 0 amide bonds. The molecule has 0 bridgehead atoms. The second kappa shape index (κ2) is 6.26. The van der Waals surface area contributed by atoms with Gasteiger partial charge in [-0.15, -0.1) is 11.8 Å². The molecule has 9 heteroatoms. The molecule has 0 aliphatic rings. The topological polar surface area (TPSA) is 86.5 Å². The van der Waals surface area contributed by atoms with Crippen LogP contribution in [0.15, 0.2) is 23.1 Å². The van der Waals surface area contributed by atoms with E-state index in [0.717, 1.165) is 11.8 Å². The van der Waals surface area contributed by atoms with Gasteiger partial charge in [-0.25, -0.2) is 8.42 Å². The predicted molar refractivity (Wildman–Crippen MR) is 70.0 cm³/mol. The summed E-state index contributed by atoms with van der Waals surface area (Å²) in [6.07, 6.45) is 0. The molecule has 0 aliphatic carbocycles. The highest BCUT2D eigenvalue weighted by atomic mass is 35.7. The van der Waals surface area contributed by atoms with Crippen molar-refractivity contribution in [3.05, 3.63) is 28.3 Å². The Morgan fingerprint density at radius 2 is 2.17 bits per heavy atom. The minimum Gasteiger partial charge on any atom is -0.497 e. The number of rotatable bonds is 6. The summed E-state index contributed by atoms with van der Waals surface area (Å²) in [7, 11) is 2.91. The number of nitrogens with zero attached hydrogens (tertiary/aromatic N) is 1. The Labute approximate surface area is 113 Å². The lowest BCUT2D eigenvalue weighted by Gasteiger charge is -2.05. The van der Waals surface area contributed by atoms with Gasteiger partial charge in [0.1, 0.15) is 5.75 Å². The third kappa shape index (κ3) is 4.71. The van der Waals surface area contributed by atoms with Crippen LogP contribution in [0.3, 0.4) is 0 Å². The van der Waals surface area contributed by atoms with Crippen LogP contribution in [-0.4, -0.2) is 32.0 Å². The van der Waals surface area contributed by atoms with Gasteiger partial charge in [0, 0.05) is 28.6 Å². The second-order valence-corrected chi connectivity index (χ2v) is 7.22. The molecule has 0 heterocycles. The highest BCUT2D eigenvalue weighted by Crippen LogP contribution is 2.32. The molecule has 0 aliphatic heterocycles. The lowest BCUT2D eigenvalue weighted by atomic mass is 10.3. The van der Waals surface area contributed by atoms with E-state index in [9.17, 15) is 18.5 Å². The molecule has 0 N–H and O–H groups in total. The number of nitro groups is 1. The average Bonchev–Trinajstić information content (AvgIpc) is 2.26. The summed E-state index contributed by atoms with van der Waals surface area (Å²) >= 11 is 1.05. The standard InChI is InChI=1S/C9H10ClNO5S2/c1-16-7-2-3-8(11(12)13)9(6-7)17-4-5-18(10,14)15/h2-3,6H,4-5H2,1H3. The lowest BCUT2D eigenvalue weighted by Crippen LogP contribution is -2.00. The second-order valence-electron chi connectivity index (χ2n) is 3.18. The molecular weight excluding hydrogens is 302 g/mol. The fraction of sp³-hybridized carbons (Fsp3) is 0.333. The molecule has 0 aromatic heterocycles. The normalized spacial score (nSPS) is 11.2. The summed E-state index contributed by atoms with van der Waals surface area (Å²) in [5.74, 6) is 0.352. The first-order valence-corrected chi connectivity index (χ1v) is 8.17. The summed E-state index contributed by atoms with van der Waals surface area (Å²) in [4.78, 5) is 10.6. The SMILES string of the molecule is COc1ccc([N+](=O)[O-])c(SCCS(=O)(=O)Cl)c1. The van der Waals surface area contributed by atoms with Gasteiger partial charge >= 0.3 is 0 Å². The maximum Gasteiger partial charge on any atom is 0.283 e. The minimum atomic E-state index is -3.59. The van der Waals surface area contributed by atoms with Crippen molar-refractivity contribution < 1.29 is 18.1 Å². The highest BCUT2D eigenvalue weighted by molar-refractivity contribution is 8.14. The molecule has 0 unspecified atom stereocenters. The molecule has 1 rings (SSSR count). The van der Waals surface area contributed by atoms with Crippen LogP contribution in [0.2, 0.25) is 0 Å². The largest absolute Gasteiger partial charge is 0.497 e. The summed E-state index contributed by atoms with van der Waals surface area (Å²) in [5, 5.41) is 10.8. The van der Waals surface area contributed by atoms with E-state index in [1.165, 1.54) is 25.3 Å². The Kier molecular flexibility index (Phi) is 5.24. The number of hydrogen-bond acceptors (Lipinski definition) is 6. The van der Waals surface area contributed by atoms with Gasteiger partial charge in [0.2, 0.25) is 9.05 Å². The predicted octanol–water partition coefficient (Wildman–Crippen LogP) is 2.26. The van der Waals surface area contributed by atoms with Crippen molar-refractivity contribution in [2.24, 2.45) is 0 Å². The van der Waals surface area contributed by atoms with E-state index in [0.29, 0.717) is 10.6 Å². The molecule has 0 saturated carbocycles. The van der Waals surface area contributed by atoms with Crippen LogP contribution in [-0.2, 0) is 9.05 Å². The molecule has 0 spiro atoms. The Morgan fingerprint density at radius 1 is 1.50 bits per heavy atom. The zero-order valence-corrected chi connectivity index (χ0v) is 11.7. The number of halogens is 1. The Balaban J connectivity index is 2.87. The van der Waals surface area contributed by atoms with Gasteiger partial charge in [0.05, 0.1) is 22.7 Å². The van der Waals surface area contributed by atoms with Gasteiger partial charge in [0.15, 0.2) is 0 Å². The molecule has 18 heavy (non-hydrogen) atoms. The van der Waals surface area contributed by atoms with E-state index in [2.05, 4.69) is 0 Å². The van der Waals surface area contributed by atoms with Crippen LogP contribution in [0.5, 0.6) is 5.75 Å². The third-order valence-corrected chi connectivity index (χ3v) is 4.41. The lowest BCUT2D eigenvalue weighted by molar-refractivity contribution is -0.387. The summed E-state index contributed by atoms with van der Waals surface area (Å²) in [5.41, 5.74) is -0.0900. The van der Waals surface area contributed by atoms with Crippen LogP contribution in [0.25, 0.3) is 0 Å². The maximum atomic E-state index is 10.8. The number of nitro benzene ring substituents is 1. The Morgan fingerprint density at radius 3 is 2.67 bits per heavy atom. The van der Waals surface area contributed by atoms with Crippen molar-refractivity contribution in [2.45, 2.75) is 4.90 Å². The van der Waals surface area contributed by atoms with Crippen LogP contribution in [0, 0.1) is 10.1 Å². The van der Waals surface area contributed by atoms with Crippen molar-refractivity contribution in [3.63, 3.8) is 0 Å². The summed E-state index contributed by atoms with van der Waals surface area (Å²) in [6.45, 7) is 0. The highest BCUT2D eigenvalue weighted by Gasteiger charge is 2.16. The number of methoxy groups -OCH3 is 1. The average molecular weight is 312 g/mol. The summed E-state index contributed by atoms with van der Waals surface area (Å²) in [6, 6.07) is 4.28. The van der Waals surface area contributed by atoms with Crippen LogP contribution < -0.4 is 4.74 Å². The van der Waals surface area contributed by atoms with Crippen molar-refractivity contribution in [3.8, 4) is 5.75 Å². The first-order chi connectivity index (χ1) is 8.33. The third-order valence-electron chi connectivity index (χ3n) is 1.95. The first kappa shape index (κ1) is 15.1. The summed E-state index contributed by atoms with van der Waals surface area (Å²) < 4.78 is 26.5. The zero-order chi connectivity index (χ0) is 13.8. The molecule has 0 fully saturated rings. The van der Waals surface area contributed by atoms with E-state index in [4.69, 9.17) is 15.4 Å². The number of benzene rings is 1. The maximum absolute atomic E-state index is 10.8. The van der Waals surface area contributed by atoms with Crippen molar-refractivity contribution in [1.82, 2.24) is 0 Å². The first-order valence-electron chi connectivity index (χ1n) is 4.71. The van der Waals surface area contributed by atoms with E-state index in [1.807, 2.05) is 0 Å². The van der Waals surface area contributed by atoms with E-state index in [-0.39, 0.29) is 17.2 Å². The van der Waals surface area contributed by atoms with E-state index < -0.39 is 14.0 Å². The molecule has 0 radical (unpaired) electrons. The van der Waals surface area contributed by atoms with Gasteiger partial charge in [-0.2, -0.15) is 0 Å². The zero-order valence-electron chi connectivity index (χ0n) is 9.33. The van der Waals surface area contributed by atoms with Gasteiger partial charge < -0.3 is 4.74 Å². The van der Waals surface area contributed by atoms with Gasteiger partial charge in [0.25, 0.3) is 5.69 Å². The molecular formula is C9H10ClNO5S2. The van der Waals surface area contributed by atoms with E-state index >= 15 is 0 Å². The smallest absolute Gasteiger partial charge is 0.283 e. The quantitative estimate of drug-likeness (QED) is 0.346. The molecule has 1 aromatic rings. The molecule has 0 atom stereocenters. The van der Waals surface area contributed by atoms with Crippen molar-refractivity contribution >= 4 is 37.2 Å². The fourth-order valence-electron chi connectivity index (χ4n) is 1.14. The van der Waals surface area contributed by atoms with Crippen LogP contribution >= 0.6 is 22.4 Å². The monoisotopic (exact) mass is 311 g/mol. The number of hydrogen-bond donors (Lipinski definition) is 0. The van der Waals surface area contributed by atoms with Crippen LogP contribution in [0.1, 0.15) is 0 Å².